The predicted molar refractivity (Wildman–Crippen MR) is 41.3 cm³/mol. The minimum Gasteiger partial charge on any atom is -0.457 e. The third kappa shape index (κ3) is 2.46. The maximum atomic E-state index is 10.6. The van der Waals surface area contributed by atoms with E-state index in [1.54, 1.807) is 0 Å². The van der Waals surface area contributed by atoms with Crippen LogP contribution < -0.4 is 0 Å². The highest BCUT2D eigenvalue weighted by Crippen LogP contribution is 2.20. The SMILES string of the molecule is CC(=O)O[C@@H]1CC[C@H](C)OC1O. The van der Waals surface area contributed by atoms with Crippen molar-refractivity contribution < 1.29 is 19.4 Å². The summed E-state index contributed by atoms with van der Waals surface area (Å²) in [5.74, 6) is -0.378. The first-order valence-electron chi connectivity index (χ1n) is 4.10. The molecule has 0 bridgehead atoms. The molecule has 1 saturated heterocycles. The molecule has 0 saturated carbocycles. The zero-order valence-corrected chi connectivity index (χ0v) is 7.32. The van der Waals surface area contributed by atoms with E-state index >= 15 is 0 Å². The molecule has 0 aliphatic carbocycles. The number of rotatable bonds is 1. The summed E-state index contributed by atoms with van der Waals surface area (Å²) in [6.07, 6.45) is 0.0832. The van der Waals surface area contributed by atoms with Gasteiger partial charge in [0.15, 0.2) is 12.4 Å². The van der Waals surface area contributed by atoms with Crippen LogP contribution >= 0.6 is 0 Å². The molecule has 1 heterocycles. The Hall–Kier alpha value is -0.610. The lowest BCUT2D eigenvalue weighted by molar-refractivity contribution is -0.223. The molecule has 1 unspecified atom stereocenters. The van der Waals surface area contributed by atoms with E-state index in [0.717, 1.165) is 6.42 Å². The Bertz CT molecular complexity index is 168. The second kappa shape index (κ2) is 3.87. The molecular weight excluding hydrogens is 160 g/mol. The van der Waals surface area contributed by atoms with Crippen LogP contribution in [0, 0.1) is 0 Å². The fraction of sp³-hybridized carbons (Fsp3) is 0.875. The van der Waals surface area contributed by atoms with Crippen molar-refractivity contribution in [1.29, 1.82) is 0 Å². The zero-order valence-electron chi connectivity index (χ0n) is 7.32. The number of aliphatic hydroxyl groups excluding tert-OH is 1. The molecule has 12 heavy (non-hydrogen) atoms. The van der Waals surface area contributed by atoms with E-state index in [2.05, 4.69) is 0 Å². The summed E-state index contributed by atoms with van der Waals surface area (Å²) in [6, 6.07) is 0. The Morgan fingerprint density at radius 2 is 2.25 bits per heavy atom. The van der Waals surface area contributed by atoms with Crippen LogP contribution in [0.15, 0.2) is 0 Å². The molecule has 1 fully saturated rings. The van der Waals surface area contributed by atoms with Crippen molar-refractivity contribution in [2.45, 2.75) is 45.2 Å². The maximum absolute atomic E-state index is 10.6. The van der Waals surface area contributed by atoms with Gasteiger partial charge in [-0.3, -0.25) is 4.79 Å². The second-order valence-electron chi connectivity index (χ2n) is 3.06. The average Bonchev–Trinajstić information content (AvgIpc) is 1.94. The Labute approximate surface area is 71.5 Å². The van der Waals surface area contributed by atoms with Gasteiger partial charge in [0.2, 0.25) is 0 Å². The lowest BCUT2D eigenvalue weighted by atomic mass is 10.1. The number of carbonyl (C=O) groups is 1. The van der Waals surface area contributed by atoms with Gasteiger partial charge >= 0.3 is 5.97 Å². The highest BCUT2D eigenvalue weighted by molar-refractivity contribution is 5.66. The first-order chi connectivity index (χ1) is 5.59. The fourth-order valence-electron chi connectivity index (χ4n) is 1.27. The van der Waals surface area contributed by atoms with Crippen LogP contribution in [0.4, 0.5) is 0 Å². The molecule has 0 amide bonds. The van der Waals surface area contributed by atoms with Gasteiger partial charge < -0.3 is 14.6 Å². The second-order valence-corrected chi connectivity index (χ2v) is 3.06. The lowest BCUT2D eigenvalue weighted by Crippen LogP contribution is -2.40. The number of hydrogen-bond acceptors (Lipinski definition) is 4. The smallest absolute Gasteiger partial charge is 0.303 e. The summed E-state index contributed by atoms with van der Waals surface area (Å²) < 4.78 is 9.92. The zero-order chi connectivity index (χ0) is 9.14. The number of ether oxygens (including phenoxy) is 2. The van der Waals surface area contributed by atoms with Crippen LogP contribution in [0.3, 0.4) is 0 Å². The summed E-state index contributed by atoms with van der Waals surface area (Å²) >= 11 is 0. The summed E-state index contributed by atoms with van der Waals surface area (Å²) in [5.41, 5.74) is 0. The molecule has 0 aromatic rings. The summed E-state index contributed by atoms with van der Waals surface area (Å²) in [7, 11) is 0. The number of carbonyl (C=O) groups excluding carboxylic acids is 1. The van der Waals surface area contributed by atoms with Gasteiger partial charge in [-0.25, -0.2) is 0 Å². The van der Waals surface area contributed by atoms with E-state index in [0.29, 0.717) is 6.42 Å². The first-order valence-corrected chi connectivity index (χ1v) is 4.10. The van der Waals surface area contributed by atoms with Gasteiger partial charge in [0.1, 0.15) is 0 Å². The Balaban J connectivity index is 2.39. The van der Waals surface area contributed by atoms with E-state index in [1.165, 1.54) is 6.92 Å². The highest BCUT2D eigenvalue weighted by atomic mass is 16.6. The molecule has 0 radical (unpaired) electrons. The van der Waals surface area contributed by atoms with Gasteiger partial charge in [0.05, 0.1) is 6.10 Å². The monoisotopic (exact) mass is 174 g/mol. The van der Waals surface area contributed by atoms with Crippen molar-refractivity contribution in [3.05, 3.63) is 0 Å². The summed E-state index contributed by atoms with van der Waals surface area (Å²) in [5, 5.41) is 9.29. The molecule has 4 heteroatoms. The van der Waals surface area contributed by atoms with Crippen molar-refractivity contribution in [2.75, 3.05) is 0 Å². The predicted octanol–water partition coefficient (Wildman–Crippen LogP) is 0.435. The number of aliphatic hydroxyl groups is 1. The van der Waals surface area contributed by atoms with Crippen LogP contribution in [0.1, 0.15) is 26.7 Å². The molecule has 0 aromatic heterocycles. The Morgan fingerprint density at radius 1 is 1.58 bits per heavy atom. The van der Waals surface area contributed by atoms with Gasteiger partial charge in [-0.2, -0.15) is 0 Å². The van der Waals surface area contributed by atoms with Crippen LogP contribution in [-0.4, -0.2) is 29.6 Å². The number of esters is 1. The van der Waals surface area contributed by atoms with E-state index in [-0.39, 0.29) is 12.1 Å². The number of hydrogen-bond donors (Lipinski definition) is 1. The first kappa shape index (κ1) is 9.48. The van der Waals surface area contributed by atoms with E-state index in [1.807, 2.05) is 6.92 Å². The fourth-order valence-corrected chi connectivity index (χ4v) is 1.27. The van der Waals surface area contributed by atoms with E-state index in [9.17, 15) is 9.90 Å². The quantitative estimate of drug-likeness (QED) is 0.586. The third-order valence-electron chi connectivity index (χ3n) is 1.86. The molecule has 1 rings (SSSR count). The normalized spacial score (nSPS) is 36.1. The Morgan fingerprint density at radius 3 is 2.75 bits per heavy atom. The Kier molecular flexibility index (Phi) is 3.05. The van der Waals surface area contributed by atoms with Crippen molar-refractivity contribution in [3.8, 4) is 0 Å². The maximum Gasteiger partial charge on any atom is 0.303 e. The third-order valence-corrected chi connectivity index (χ3v) is 1.86. The molecule has 0 aromatic carbocycles. The van der Waals surface area contributed by atoms with Gasteiger partial charge in [0.25, 0.3) is 0 Å². The molecule has 0 spiro atoms. The standard InChI is InChI=1S/C8H14O4/c1-5-3-4-7(8(10)11-5)12-6(2)9/h5,7-8,10H,3-4H2,1-2H3/t5-,7+,8?/m0/s1. The van der Waals surface area contributed by atoms with Gasteiger partial charge in [-0.15, -0.1) is 0 Å². The van der Waals surface area contributed by atoms with Crippen molar-refractivity contribution in [3.63, 3.8) is 0 Å². The van der Waals surface area contributed by atoms with Gasteiger partial charge in [-0.1, -0.05) is 0 Å². The van der Waals surface area contributed by atoms with Crippen molar-refractivity contribution >= 4 is 5.97 Å². The minimum atomic E-state index is -0.961. The average molecular weight is 174 g/mol. The lowest BCUT2D eigenvalue weighted by Gasteiger charge is -2.30. The van der Waals surface area contributed by atoms with Crippen LogP contribution in [0.25, 0.3) is 0 Å². The largest absolute Gasteiger partial charge is 0.457 e. The van der Waals surface area contributed by atoms with Crippen LogP contribution in [0.2, 0.25) is 0 Å². The summed E-state index contributed by atoms with van der Waals surface area (Å²) in [6.45, 7) is 3.21. The van der Waals surface area contributed by atoms with Gasteiger partial charge in [-0.05, 0) is 19.8 Å². The molecule has 1 N–H and O–H groups in total. The molecule has 70 valence electrons. The molecule has 4 nitrogen and oxygen atoms in total. The molecular formula is C8H14O4. The molecule has 1 aliphatic rings. The van der Waals surface area contributed by atoms with Crippen LogP contribution in [0.5, 0.6) is 0 Å². The van der Waals surface area contributed by atoms with E-state index in [4.69, 9.17) is 9.47 Å². The van der Waals surface area contributed by atoms with Crippen LogP contribution in [-0.2, 0) is 14.3 Å². The molecule has 3 atom stereocenters. The van der Waals surface area contributed by atoms with Crippen molar-refractivity contribution in [1.82, 2.24) is 0 Å². The highest BCUT2D eigenvalue weighted by Gasteiger charge is 2.29. The molecule has 1 aliphatic heterocycles. The summed E-state index contributed by atoms with van der Waals surface area (Å²) in [4.78, 5) is 10.6. The minimum absolute atomic E-state index is 0.0480. The van der Waals surface area contributed by atoms with Gasteiger partial charge in [0, 0.05) is 6.92 Å². The van der Waals surface area contributed by atoms with Crippen molar-refractivity contribution in [2.24, 2.45) is 0 Å². The van der Waals surface area contributed by atoms with E-state index < -0.39 is 12.4 Å². The topological polar surface area (TPSA) is 55.8 Å².